The molecular weight excluding hydrogens is 264 g/mol. The first kappa shape index (κ1) is 13.8. The lowest BCUT2D eigenvalue weighted by molar-refractivity contribution is -0.119. The number of nitrogens with zero attached hydrogens (tertiary/aromatic N) is 3. The number of carbonyl (C=O) groups excluding carboxylic acids is 1. The molecule has 0 saturated carbocycles. The molecule has 5 nitrogen and oxygen atoms in total. The van der Waals surface area contributed by atoms with Gasteiger partial charge in [-0.1, -0.05) is 30.3 Å². The van der Waals surface area contributed by atoms with E-state index in [1.54, 1.807) is 6.20 Å². The minimum absolute atomic E-state index is 0.135. The molecule has 1 amide bonds. The SMILES string of the molecule is CN(CC(=O)N1CCCc2[nH]ncc21)Cc1ccccc1. The number of aryl methyl sites for hydroxylation is 1. The van der Waals surface area contributed by atoms with Crippen molar-refractivity contribution in [1.29, 1.82) is 0 Å². The molecule has 1 aliphatic heterocycles. The first-order chi connectivity index (χ1) is 10.2. The summed E-state index contributed by atoms with van der Waals surface area (Å²) in [4.78, 5) is 16.4. The molecule has 1 N–H and O–H groups in total. The van der Waals surface area contributed by atoms with Crippen LogP contribution in [0.1, 0.15) is 17.7 Å². The largest absolute Gasteiger partial charge is 0.308 e. The lowest BCUT2D eigenvalue weighted by Gasteiger charge is -2.28. The molecular formula is C16H20N4O. The number of rotatable bonds is 4. The fraction of sp³-hybridized carbons (Fsp3) is 0.375. The van der Waals surface area contributed by atoms with Crippen molar-refractivity contribution in [2.24, 2.45) is 0 Å². The molecule has 1 aliphatic rings. The van der Waals surface area contributed by atoms with Crippen molar-refractivity contribution in [3.8, 4) is 0 Å². The van der Waals surface area contributed by atoms with Gasteiger partial charge in [0.25, 0.3) is 0 Å². The minimum atomic E-state index is 0.135. The van der Waals surface area contributed by atoms with Crippen molar-refractivity contribution in [2.75, 3.05) is 25.0 Å². The Morgan fingerprint density at radius 2 is 2.19 bits per heavy atom. The number of anilines is 1. The Morgan fingerprint density at radius 3 is 3.00 bits per heavy atom. The number of aromatic amines is 1. The zero-order valence-electron chi connectivity index (χ0n) is 12.2. The molecule has 110 valence electrons. The van der Waals surface area contributed by atoms with E-state index in [0.29, 0.717) is 6.54 Å². The number of benzene rings is 1. The van der Waals surface area contributed by atoms with Gasteiger partial charge >= 0.3 is 0 Å². The Balaban J connectivity index is 1.62. The maximum absolute atomic E-state index is 12.5. The van der Waals surface area contributed by atoms with Gasteiger partial charge in [-0.25, -0.2) is 0 Å². The van der Waals surface area contributed by atoms with Crippen LogP contribution < -0.4 is 4.90 Å². The number of aromatic nitrogens is 2. The molecule has 21 heavy (non-hydrogen) atoms. The molecule has 0 fully saturated rings. The second-order valence-electron chi connectivity index (χ2n) is 5.54. The second-order valence-corrected chi connectivity index (χ2v) is 5.54. The van der Waals surface area contributed by atoms with Crippen LogP contribution in [0.4, 0.5) is 5.69 Å². The third-order valence-electron chi connectivity index (χ3n) is 3.80. The number of fused-ring (bicyclic) bond motifs is 1. The van der Waals surface area contributed by atoms with Gasteiger partial charge in [-0.05, 0) is 25.5 Å². The second kappa shape index (κ2) is 6.10. The normalized spacial score (nSPS) is 14.3. The zero-order valence-corrected chi connectivity index (χ0v) is 12.2. The van der Waals surface area contributed by atoms with Crippen molar-refractivity contribution in [3.05, 3.63) is 47.8 Å². The highest BCUT2D eigenvalue weighted by molar-refractivity contribution is 5.95. The lowest BCUT2D eigenvalue weighted by atomic mass is 10.1. The van der Waals surface area contributed by atoms with Gasteiger partial charge < -0.3 is 4.90 Å². The highest BCUT2D eigenvalue weighted by Gasteiger charge is 2.24. The van der Waals surface area contributed by atoms with E-state index < -0.39 is 0 Å². The number of H-pyrrole nitrogens is 1. The van der Waals surface area contributed by atoms with E-state index >= 15 is 0 Å². The Hall–Kier alpha value is -2.14. The number of carbonyl (C=O) groups is 1. The third-order valence-corrected chi connectivity index (χ3v) is 3.80. The molecule has 0 unspecified atom stereocenters. The molecule has 0 aliphatic carbocycles. The molecule has 0 bridgehead atoms. The van der Waals surface area contributed by atoms with E-state index in [9.17, 15) is 4.79 Å². The molecule has 2 heterocycles. The van der Waals surface area contributed by atoms with Gasteiger partial charge in [-0.2, -0.15) is 5.10 Å². The van der Waals surface area contributed by atoms with Crippen LogP contribution in [0.2, 0.25) is 0 Å². The van der Waals surface area contributed by atoms with Gasteiger partial charge in [-0.3, -0.25) is 14.8 Å². The fourth-order valence-electron chi connectivity index (χ4n) is 2.78. The Labute approximate surface area is 124 Å². The maximum Gasteiger partial charge on any atom is 0.241 e. The molecule has 1 aromatic carbocycles. The smallest absolute Gasteiger partial charge is 0.241 e. The van der Waals surface area contributed by atoms with Crippen LogP contribution in [0.3, 0.4) is 0 Å². The van der Waals surface area contributed by atoms with Gasteiger partial charge in [0.15, 0.2) is 0 Å². The first-order valence-corrected chi connectivity index (χ1v) is 7.29. The summed E-state index contributed by atoms with van der Waals surface area (Å²) in [5, 5.41) is 7.03. The molecule has 0 atom stereocenters. The fourth-order valence-corrected chi connectivity index (χ4v) is 2.78. The minimum Gasteiger partial charge on any atom is -0.308 e. The Bertz CT molecular complexity index is 608. The van der Waals surface area contributed by atoms with E-state index in [1.165, 1.54) is 5.56 Å². The third kappa shape index (κ3) is 3.13. The van der Waals surface area contributed by atoms with E-state index in [1.807, 2.05) is 35.0 Å². The van der Waals surface area contributed by atoms with E-state index in [0.717, 1.165) is 37.3 Å². The predicted octanol–water partition coefficient (Wildman–Crippen LogP) is 1.82. The van der Waals surface area contributed by atoms with E-state index in [4.69, 9.17) is 0 Å². The monoisotopic (exact) mass is 284 g/mol. The highest BCUT2D eigenvalue weighted by atomic mass is 16.2. The van der Waals surface area contributed by atoms with Crippen molar-refractivity contribution >= 4 is 11.6 Å². The number of hydrogen-bond acceptors (Lipinski definition) is 3. The van der Waals surface area contributed by atoms with Crippen molar-refractivity contribution in [3.63, 3.8) is 0 Å². The lowest BCUT2D eigenvalue weighted by Crippen LogP contribution is -2.41. The van der Waals surface area contributed by atoms with Crippen molar-refractivity contribution < 1.29 is 4.79 Å². The van der Waals surface area contributed by atoms with Gasteiger partial charge in [-0.15, -0.1) is 0 Å². The summed E-state index contributed by atoms with van der Waals surface area (Å²) in [6.07, 6.45) is 3.71. The molecule has 5 heteroatoms. The van der Waals surface area contributed by atoms with Crippen LogP contribution in [0.5, 0.6) is 0 Å². The molecule has 0 spiro atoms. The molecule has 0 radical (unpaired) electrons. The van der Waals surface area contributed by atoms with Crippen molar-refractivity contribution in [2.45, 2.75) is 19.4 Å². The van der Waals surface area contributed by atoms with Crippen LogP contribution in [-0.4, -0.2) is 41.1 Å². The summed E-state index contributed by atoms with van der Waals surface area (Å²) >= 11 is 0. The van der Waals surface area contributed by atoms with Gasteiger partial charge in [0.1, 0.15) is 0 Å². The van der Waals surface area contributed by atoms with Gasteiger partial charge in [0, 0.05) is 13.1 Å². The standard InChI is InChI=1S/C16H20N4O/c1-19(11-13-6-3-2-4-7-13)12-16(21)20-9-5-8-14-15(20)10-17-18-14/h2-4,6-7,10H,5,8-9,11-12H2,1H3,(H,17,18). The number of nitrogens with one attached hydrogen (secondary N) is 1. The van der Waals surface area contributed by atoms with Gasteiger partial charge in [0.2, 0.25) is 5.91 Å². The van der Waals surface area contributed by atoms with Crippen molar-refractivity contribution in [1.82, 2.24) is 15.1 Å². The summed E-state index contributed by atoms with van der Waals surface area (Å²) in [6.45, 7) is 1.97. The topological polar surface area (TPSA) is 52.2 Å². The first-order valence-electron chi connectivity index (χ1n) is 7.29. The zero-order chi connectivity index (χ0) is 14.7. The quantitative estimate of drug-likeness (QED) is 0.932. The molecule has 0 saturated heterocycles. The van der Waals surface area contributed by atoms with Gasteiger partial charge in [0.05, 0.1) is 24.1 Å². The summed E-state index contributed by atoms with van der Waals surface area (Å²) in [5.74, 6) is 0.135. The summed E-state index contributed by atoms with van der Waals surface area (Å²) in [7, 11) is 1.98. The average Bonchev–Trinajstić information content (AvgIpc) is 2.96. The van der Waals surface area contributed by atoms with Crippen LogP contribution in [0, 0.1) is 0 Å². The van der Waals surface area contributed by atoms with Crippen LogP contribution in [0.15, 0.2) is 36.5 Å². The molecule has 3 rings (SSSR count). The van der Waals surface area contributed by atoms with Crippen LogP contribution in [-0.2, 0) is 17.8 Å². The van der Waals surface area contributed by atoms with Crippen LogP contribution in [0.25, 0.3) is 0 Å². The molecule has 2 aromatic rings. The average molecular weight is 284 g/mol. The summed E-state index contributed by atoms with van der Waals surface area (Å²) in [5.41, 5.74) is 3.23. The number of likely N-dealkylation sites (N-methyl/N-ethyl adjacent to an activating group) is 1. The summed E-state index contributed by atoms with van der Waals surface area (Å²) < 4.78 is 0. The predicted molar refractivity (Wildman–Crippen MR) is 82.0 cm³/mol. The maximum atomic E-state index is 12.5. The Morgan fingerprint density at radius 1 is 1.38 bits per heavy atom. The van der Waals surface area contributed by atoms with E-state index in [2.05, 4.69) is 22.3 Å². The highest BCUT2D eigenvalue weighted by Crippen LogP contribution is 2.24. The number of amides is 1. The molecule has 1 aromatic heterocycles. The Kier molecular flexibility index (Phi) is 4.01. The van der Waals surface area contributed by atoms with Crippen LogP contribution >= 0.6 is 0 Å². The van der Waals surface area contributed by atoms with E-state index in [-0.39, 0.29) is 5.91 Å². The summed E-state index contributed by atoms with van der Waals surface area (Å²) in [6, 6.07) is 10.2. The number of hydrogen-bond donors (Lipinski definition) is 1.